The van der Waals surface area contributed by atoms with E-state index in [1.807, 2.05) is 0 Å². The van der Waals surface area contributed by atoms with Crippen LogP contribution in [0.2, 0.25) is 0 Å². The second kappa shape index (κ2) is 6.20. The molecule has 8 nitrogen and oxygen atoms in total. The molecule has 0 unspecified atom stereocenters. The van der Waals surface area contributed by atoms with Gasteiger partial charge >= 0.3 is 0 Å². The summed E-state index contributed by atoms with van der Waals surface area (Å²) in [5, 5.41) is 14.6. The van der Waals surface area contributed by atoms with Gasteiger partial charge in [0.15, 0.2) is 28.9 Å². The normalized spacial score (nSPS) is 11.7. The molecule has 0 aliphatic heterocycles. The van der Waals surface area contributed by atoms with Gasteiger partial charge in [-0.05, 0) is 19.1 Å². The van der Waals surface area contributed by atoms with E-state index in [2.05, 4.69) is 25.4 Å². The topological polar surface area (TPSA) is 93.2 Å². The number of hydrogen-bond donors (Lipinski definition) is 1. The van der Waals surface area contributed by atoms with Crippen LogP contribution >= 0.6 is 0 Å². The van der Waals surface area contributed by atoms with E-state index in [0.29, 0.717) is 11.3 Å². The molecule has 0 spiro atoms. The largest absolute Gasteiger partial charge is 0.293 e. The second-order valence-corrected chi connectivity index (χ2v) is 5.60. The van der Waals surface area contributed by atoms with Crippen molar-refractivity contribution < 1.29 is 13.2 Å². The van der Waals surface area contributed by atoms with E-state index in [-0.39, 0.29) is 17.1 Å². The maximum atomic E-state index is 13.3. The summed E-state index contributed by atoms with van der Waals surface area (Å²) >= 11 is 0. The van der Waals surface area contributed by atoms with Crippen molar-refractivity contribution in [2.24, 2.45) is 4.99 Å². The molecule has 0 fully saturated rings. The van der Waals surface area contributed by atoms with Crippen LogP contribution in [0.3, 0.4) is 0 Å². The highest BCUT2D eigenvalue weighted by atomic mass is 19.2. The van der Waals surface area contributed by atoms with Crippen LogP contribution in [0.5, 0.6) is 0 Å². The van der Waals surface area contributed by atoms with Gasteiger partial charge in [0.1, 0.15) is 6.33 Å². The van der Waals surface area contributed by atoms with Gasteiger partial charge in [0.05, 0.1) is 11.3 Å². The monoisotopic (exact) mass is 373 g/mol. The zero-order valence-corrected chi connectivity index (χ0v) is 13.7. The summed E-state index contributed by atoms with van der Waals surface area (Å²) in [6.45, 7) is 1.63. The summed E-state index contributed by atoms with van der Waals surface area (Å²) in [5.74, 6) is -4.02. The number of nitrogens with one attached hydrogen (secondary N) is 1. The number of aliphatic imine (C=N–C) groups is 1. The van der Waals surface area contributed by atoms with Crippen molar-refractivity contribution in [2.45, 2.75) is 6.92 Å². The predicted octanol–water partition coefficient (Wildman–Crippen LogP) is 2.08. The van der Waals surface area contributed by atoms with E-state index in [0.717, 1.165) is 18.3 Å². The Hall–Kier alpha value is -3.76. The fourth-order valence-corrected chi connectivity index (χ4v) is 2.47. The molecule has 3 aromatic heterocycles. The molecule has 4 rings (SSSR count). The summed E-state index contributed by atoms with van der Waals surface area (Å²) in [7, 11) is 0. The third kappa shape index (κ3) is 2.88. The smallest absolute Gasteiger partial charge is 0.281 e. The molecular weight excluding hydrogens is 363 g/mol. The van der Waals surface area contributed by atoms with Crippen LogP contribution in [-0.2, 0) is 0 Å². The Kier molecular flexibility index (Phi) is 3.83. The molecule has 3 heterocycles. The molecule has 0 radical (unpaired) electrons. The van der Waals surface area contributed by atoms with Crippen molar-refractivity contribution >= 4 is 17.5 Å². The minimum absolute atomic E-state index is 0.158. The predicted molar refractivity (Wildman–Crippen MR) is 89.0 cm³/mol. The average molecular weight is 373 g/mol. The van der Waals surface area contributed by atoms with Gasteiger partial charge in [-0.25, -0.2) is 13.2 Å². The van der Waals surface area contributed by atoms with Crippen LogP contribution in [0.1, 0.15) is 11.3 Å². The second-order valence-electron chi connectivity index (χ2n) is 5.60. The van der Waals surface area contributed by atoms with Crippen molar-refractivity contribution in [1.29, 1.82) is 0 Å². The molecular formula is C16H10F3N7O. The van der Waals surface area contributed by atoms with E-state index in [1.54, 1.807) is 19.1 Å². The van der Waals surface area contributed by atoms with Gasteiger partial charge in [0.2, 0.25) is 0 Å². The number of aromatic amines is 1. The van der Waals surface area contributed by atoms with Crippen LogP contribution < -0.4 is 5.56 Å². The number of nitrogens with zero attached hydrogens (tertiary/aromatic N) is 6. The maximum Gasteiger partial charge on any atom is 0.281 e. The first kappa shape index (κ1) is 16.7. The summed E-state index contributed by atoms with van der Waals surface area (Å²) < 4.78 is 42.1. The van der Waals surface area contributed by atoms with Gasteiger partial charge in [-0.1, -0.05) is 0 Å². The van der Waals surface area contributed by atoms with E-state index >= 15 is 0 Å². The van der Waals surface area contributed by atoms with Crippen LogP contribution in [0.4, 0.5) is 18.9 Å². The van der Waals surface area contributed by atoms with Crippen LogP contribution in [0, 0.1) is 24.4 Å². The molecule has 4 aromatic rings. The number of rotatable bonds is 3. The highest BCUT2D eigenvalue weighted by Gasteiger charge is 2.14. The molecule has 0 saturated heterocycles. The average Bonchev–Trinajstić information content (AvgIpc) is 3.21. The summed E-state index contributed by atoms with van der Waals surface area (Å²) in [5.41, 5.74) is 0.488. The van der Waals surface area contributed by atoms with Crippen LogP contribution in [0.25, 0.3) is 11.5 Å². The summed E-state index contributed by atoms with van der Waals surface area (Å²) in [6.07, 6.45) is 2.54. The lowest BCUT2D eigenvalue weighted by molar-refractivity contribution is 0.447. The highest BCUT2D eigenvalue weighted by Crippen LogP contribution is 2.19. The Labute approximate surface area is 148 Å². The number of aryl methyl sites for hydroxylation is 1. The molecule has 0 amide bonds. The van der Waals surface area contributed by atoms with Gasteiger partial charge in [0, 0.05) is 24.0 Å². The molecule has 0 aliphatic carbocycles. The van der Waals surface area contributed by atoms with E-state index in [1.165, 1.54) is 15.5 Å². The fraction of sp³-hybridized carbons (Fsp3) is 0.0625. The van der Waals surface area contributed by atoms with Gasteiger partial charge in [-0.15, -0.1) is 15.3 Å². The molecule has 136 valence electrons. The number of fused-ring (bicyclic) bond motifs is 1. The molecule has 11 heteroatoms. The zero-order chi connectivity index (χ0) is 19.1. The standard InChI is InChI=1S/C16H10F3N7O/c1-8-10(6-20-9-4-11(17)15(19)12(18)5-9)16(27)26(23-8)14-3-2-13-22-21-7-25(13)24-14/h2-7,23H,1H3. The van der Waals surface area contributed by atoms with Crippen LogP contribution in [-0.4, -0.2) is 35.8 Å². The van der Waals surface area contributed by atoms with Gasteiger partial charge in [0.25, 0.3) is 5.56 Å². The lowest BCUT2D eigenvalue weighted by atomic mass is 10.2. The van der Waals surface area contributed by atoms with Crippen molar-refractivity contribution in [1.82, 2.24) is 29.6 Å². The lowest BCUT2D eigenvalue weighted by Gasteiger charge is -2.00. The Balaban J connectivity index is 1.73. The van der Waals surface area contributed by atoms with E-state index < -0.39 is 23.0 Å². The van der Waals surface area contributed by atoms with Crippen molar-refractivity contribution in [3.63, 3.8) is 0 Å². The number of hydrogen-bond acceptors (Lipinski definition) is 5. The van der Waals surface area contributed by atoms with Gasteiger partial charge < -0.3 is 0 Å². The Morgan fingerprint density at radius 1 is 1.19 bits per heavy atom. The Morgan fingerprint density at radius 3 is 2.67 bits per heavy atom. The first-order chi connectivity index (χ1) is 12.9. The Bertz CT molecular complexity index is 1230. The first-order valence-corrected chi connectivity index (χ1v) is 7.61. The maximum absolute atomic E-state index is 13.3. The first-order valence-electron chi connectivity index (χ1n) is 7.61. The molecule has 27 heavy (non-hydrogen) atoms. The number of benzene rings is 1. The van der Waals surface area contributed by atoms with E-state index in [4.69, 9.17) is 0 Å². The SMILES string of the molecule is Cc1[nH]n(-c2ccc3nncn3n2)c(=O)c1C=Nc1cc(F)c(F)c(F)c1. The van der Waals surface area contributed by atoms with Crippen molar-refractivity contribution in [2.75, 3.05) is 0 Å². The molecule has 0 atom stereocenters. The molecule has 1 N–H and O–H groups in total. The third-order valence-electron chi connectivity index (χ3n) is 3.81. The van der Waals surface area contributed by atoms with Crippen LogP contribution in [0.15, 0.2) is 40.4 Å². The quantitative estimate of drug-likeness (QED) is 0.440. The minimum atomic E-state index is -1.58. The summed E-state index contributed by atoms with van der Waals surface area (Å²) in [6, 6.07) is 4.68. The minimum Gasteiger partial charge on any atom is -0.293 e. The molecule has 0 aliphatic rings. The number of H-pyrrole nitrogens is 1. The lowest BCUT2D eigenvalue weighted by Crippen LogP contribution is -2.19. The highest BCUT2D eigenvalue weighted by molar-refractivity contribution is 5.83. The van der Waals surface area contributed by atoms with Crippen molar-refractivity contribution in [3.05, 3.63) is 69.7 Å². The van der Waals surface area contributed by atoms with Crippen molar-refractivity contribution in [3.8, 4) is 5.82 Å². The molecule has 0 saturated carbocycles. The molecule has 1 aromatic carbocycles. The van der Waals surface area contributed by atoms with E-state index in [9.17, 15) is 18.0 Å². The zero-order valence-electron chi connectivity index (χ0n) is 13.7. The van der Waals surface area contributed by atoms with Gasteiger partial charge in [-0.2, -0.15) is 9.20 Å². The fourth-order valence-electron chi connectivity index (χ4n) is 2.47. The third-order valence-corrected chi connectivity index (χ3v) is 3.81. The number of halogens is 3. The number of aromatic nitrogens is 6. The molecule has 0 bridgehead atoms. The summed E-state index contributed by atoms with van der Waals surface area (Å²) in [4.78, 5) is 16.5. The Morgan fingerprint density at radius 2 is 1.93 bits per heavy atom. The van der Waals surface area contributed by atoms with Gasteiger partial charge in [-0.3, -0.25) is 14.9 Å².